The van der Waals surface area contributed by atoms with Crippen LogP contribution < -0.4 is 10.9 Å². The van der Waals surface area contributed by atoms with E-state index in [1.165, 1.54) is 16.8 Å². The quantitative estimate of drug-likeness (QED) is 0.814. The molecular formula is C18H18N2O4. The van der Waals surface area contributed by atoms with Crippen molar-refractivity contribution in [3.8, 4) is 0 Å². The van der Waals surface area contributed by atoms with Crippen molar-refractivity contribution in [1.82, 2.24) is 9.88 Å². The molecule has 0 unspecified atom stereocenters. The van der Waals surface area contributed by atoms with Crippen molar-refractivity contribution in [2.24, 2.45) is 0 Å². The van der Waals surface area contributed by atoms with Crippen molar-refractivity contribution < 1.29 is 14.3 Å². The third-order valence-corrected chi connectivity index (χ3v) is 3.71. The Morgan fingerprint density at radius 1 is 1.12 bits per heavy atom. The number of aromatic nitrogens is 1. The van der Waals surface area contributed by atoms with E-state index in [2.05, 4.69) is 5.32 Å². The molecule has 1 atom stereocenters. The van der Waals surface area contributed by atoms with E-state index in [1.54, 1.807) is 36.4 Å². The summed E-state index contributed by atoms with van der Waals surface area (Å²) < 4.78 is 6.61. The van der Waals surface area contributed by atoms with Gasteiger partial charge in [-0.3, -0.25) is 14.4 Å². The van der Waals surface area contributed by atoms with Gasteiger partial charge in [-0.25, -0.2) is 0 Å². The van der Waals surface area contributed by atoms with Crippen LogP contribution in [0.15, 0.2) is 59.5 Å². The third-order valence-electron chi connectivity index (χ3n) is 3.71. The number of hydrogen-bond acceptors (Lipinski definition) is 4. The van der Waals surface area contributed by atoms with Crippen LogP contribution in [0.3, 0.4) is 0 Å². The molecule has 1 N–H and O–H groups in total. The van der Waals surface area contributed by atoms with Crippen LogP contribution in [0.25, 0.3) is 0 Å². The summed E-state index contributed by atoms with van der Waals surface area (Å²) in [5.74, 6) is -0.972. The summed E-state index contributed by atoms with van der Waals surface area (Å²) in [6.45, 7) is -0.236. The number of carbonyl (C=O) groups excluding carboxylic acids is 2. The van der Waals surface area contributed by atoms with Gasteiger partial charge in [0.1, 0.15) is 6.54 Å². The maximum atomic E-state index is 12.4. The average Bonchev–Trinajstić information content (AvgIpc) is 3.39. The summed E-state index contributed by atoms with van der Waals surface area (Å²) in [4.78, 5) is 36.3. The van der Waals surface area contributed by atoms with Gasteiger partial charge in [-0.1, -0.05) is 36.4 Å². The molecular weight excluding hydrogens is 308 g/mol. The fourth-order valence-electron chi connectivity index (χ4n) is 2.30. The predicted molar refractivity (Wildman–Crippen MR) is 87.1 cm³/mol. The Bertz CT molecular complexity index is 781. The normalized spacial score (nSPS) is 14.7. The number of esters is 1. The standard InChI is InChI=1S/C18H18N2O4/c21-15-8-4-5-11-20(15)12-16(22)24-17(13-6-2-1-3-7-13)18(23)19-14-9-10-14/h1-8,11,14,17H,9-10,12H2,(H,19,23)/t17-/m1/s1. The summed E-state index contributed by atoms with van der Waals surface area (Å²) in [6.07, 6.45) is 2.38. The predicted octanol–water partition coefficient (Wildman–Crippen LogP) is 1.41. The lowest BCUT2D eigenvalue weighted by Crippen LogP contribution is -2.34. The maximum Gasteiger partial charge on any atom is 0.327 e. The van der Waals surface area contributed by atoms with E-state index >= 15 is 0 Å². The van der Waals surface area contributed by atoms with Gasteiger partial charge in [0.15, 0.2) is 0 Å². The van der Waals surface area contributed by atoms with E-state index in [1.807, 2.05) is 6.07 Å². The molecule has 1 aromatic heterocycles. The number of pyridine rings is 1. The van der Waals surface area contributed by atoms with Crippen LogP contribution in [-0.4, -0.2) is 22.5 Å². The van der Waals surface area contributed by atoms with Crippen LogP contribution in [0.1, 0.15) is 24.5 Å². The number of benzene rings is 1. The number of hydrogen-bond donors (Lipinski definition) is 1. The summed E-state index contributed by atoms with van der Waals surface area (Å²) in [5.41, 5.74) is 0.303. The van der Waals surface area contributed by atoms with E-state index in [9.17, 15) is 14.4 Å². The smallest absolute Gasteiger partial charge is 0.327 e. The number of carbonyl (C=O) groups is 2. The van der Waals surface area contributed by atoms with Gasteiger partial charge in [-0.05, 0) is 18.9 Å². The Hall–Kier alpha value is -2.89. The molecule has 124 valence electrons. The molecule has 1 amide bonds. The lowest BCUT2D eigenvalue weighted by molar-refractivity contribution is -0.157. The molecule has 1 heterocycles. The zero-order valence-electron chi connectivity index (χ0n) is 13.1. The summed E-state index contributed by atoms with van der Waals surface area (Å²) >= 11 is 0. The first kappa shape index (κ1) is 16.0. The molecule has 1 fully saturated rings. The highest BCUT2D eigenvalue weighted by atomic mass is 16.5. The van der Waals surface area contributed by atoms with Crippen LogP contribution in [0, 0.1) is 0 Å². The second kappa shape index (κ2) is 7.12. The summed E-state index contributed by atoms with van der Waals surface area (Å²) in [5, 5.41) is 2.85. The van der Waals surface area contributed by atoms with E-state index in [-0.39, 0.29) is 24.1 Å². The Morgan fingerprint density at radius 3 is 2.50 bits per heavy atom. The van der Waals surface area contributed by atoms with Gasteiger partial charge in [-0.2, -0.15) is 0 Å². The molecule has 0 radical (unpaired) electrons. The number of amides is 1. The van der Waals surface area contributed by atoms with Gasteiger partial charge in [0.05, 0.1) is 0 Å². The maximum absolute atomic E-state index is 12.4. The SMILES string of the molecule is O=C(Cn1ccccc1=O)O[C@@H](C(=O)NC1CC1)c1ccccc1. The van der Waals surface area contributed by atoms with Crippen molar-refractivity contribution in [2.45, 2.75) is 31.5 Å². The number of rotatable bonds is 6. The van der Waals surface area contributed by atoms with Crippen LogP contribution in [-0.2, 0) is 20.9 Å². The molecule has 2 aromatic rings. The van der Waals surface area contributed by atoms with E-state index in [4.69, 9.17) is 4.74 Å². The first-order valence-electron chi connectivity index (χ1n) is 7.84. The molecule has 0 spiro atoms. The molecule has 1 aliphatic carbocycles. The Kier molecular flexibility index (Phi) is 4.74. The van der Waals surface area contributed by atoms with E-state index < -0.39 is 12.1 Å². The molecule has 6 heteroatoms. The van der Waals surface area contributed by atoms with Crippen molar-refractivity contribution in [3.05, 3.63) is 70.6 Å². The topological polar surface area (TPSA) is 77.4 Å². The fourth-order valence-corrected chi connectivity index (χ4v) is 2.30. The minimum atomic E-state index is -1.02. The second-order valence-electron chi connectivity index (χ2n) is 5.73. The largest absolute Gasteiger partial charge is 0.446 e. The van der Waals surface area contributed by atoms with Crippen LogP contribution in [0.2, 0.25) is 0 Å². The van der Waals surface area contributed by atoms with Gasteiger partial charge in [0.25, 0.3) is 11.5 Å². The molecule has 3 rings (SSSR count). The number of ether oxygens (including phenoxy) is 1. The van der Waals surface area contributed by atoms with E-state index in [0.29, 0.717) is 5.56 Å². The lowest BCUT2D eigenvalue weighted by atomic mass is 10.1. The van der Waals surface area contributed by atoms with E-state index in [0.717, 1.165) is 12.8 Å². The Labute approximate surface area is 139 Å². The van der Waals surface area contributed by atoms with Gasteiger partial charge < -0.3 is 14.6 Å². The van der Waals surface area contributed by atoms with Crippen molar-refractivity contribution in [3.63, 3.8) is 0 Å². The van der Waals surface area contributed by atoms with Gasteiger partial charge >= 0.3 is 5.97 Å². The molecule has 1 aliphatic rings. The molecule has 0 bridgehead atoms. The zero-order chi connectivity index (χ0) is 16.9. The monoisotopic (exact) mass is 326 g/mol. The van der Waals surface area contributed by atoms with Crippen molar-refractivity contribution in [2.75, 3.05) is 0 Å². The minimum Gasteiger partial charge on any atom is -0.446 e. The molecule has 0 saturated heterocycles. The highest BCUT2D eigenvalue weighted by Gasteiger charge is 2.30. The van der Waals surface area contributed by atoms with Crippen LogP contribution in [0.5, 0.6) is 0 Å². The second-order valence-corrected chi connectivity index (χ2v) is 5.73. The molecule has 24 heavy (non-hydrogen) atoms. The fraction of sp³-hybridized carbons (Fsp3) is 0.278. The minimum absolute atomic E-state index is 0.166. The number of nitrogens with zero attached hydrogens (tertiary/aromatic N) is 1. The molecule has 6 nitrogen and oxygen atoms in total. The summed E-state index contributed by atoms with van der Waals surface area (Å²) in [6, 6.07) is 13.6. The lowest BCUT2D eigenvalue weighted by Gasteiger charge is -2.18. The van der Waals surface area contributed by atoms with Gasteiger partial charge in [0, 0.05) is 23.9 Å². The molecule has 1 saturated carbocycles. The van der Waals surface area contributed by atoms with Crippen molar-refractivity contribution >= 4 is 11.9 Å². The average molecular weight is 326 g/mol. The van der Waals surface area contributed by atoms with Crippen LogP contribution in [0.4, 0.5) is 0 Å². The highest BCUT2D eigenvalue weighted by molar-refractivity contribution is 5.85. The highest BCUT2D eigenvalue weighted by Crippen LogP contribution is 2.23. The summed E-state index contributed by atoms with van der Waals surface area (Å²) in [7, 11) is 0. The molecule has 0 aliphatic heterocycles. The van der Waals surface area contributed by atoms with Gasteiger partial charge in [0.2, 0.25) is 6.10 Å². The Balaban J connectivity index is 1.73. The zero-order valence-corrected chi connectivity index (χ0v) is 13.1. The van der Waals surface area contributed by atoms with Crippen LogP contribution >= 0.6 is 0 Å². The molecule has 1 aromatic carbocycles. The first-order valence-corrected chi connectivity index (χ1v) is 7.84. The number of nitrogens with one attached hydrogen (secondary N) is 1. The van der Waals surface area contributed by atoms with Gasteiger partial charge in [-0.15, -0.1) is 0 Å². The first-order chi connectivity index (χ1) is 11.6. The Morgan fingerprint density at radius 2 is 1.83 bits per heavy atom. The van der Waals surface area contributed by atoms with Crippen molar-refractivity contribution in [1.29, 1.82) is 0 Å². The third kappa shape index (κ3) is 4.10.